The minimum Gasteiger partial charge on any atom is -0.494 e. The van der Waals surface area contributed by atoms with Gasteiger partial charge in [-0.2, -0.15) is 0 Å². The first-order valence-corrected chi connectivity index (χ1v) is 7.95. The predicted molar refractivity (Wildman–Crippen MR) is 84.1 cm³/mol. The molecule has 0 bridgehead atoms. The van der Waals surface area contributed by atoms with Crippen LogP contribution in [-0.2, 0) is 4.79 Å². The summed E-state index contributed by atoms with van der Waals surface area (Å²) in [6.45, 7) is 8.28. The van der Waals surface area contributed by atoms with E-state index in [1.54, 1.807) is 0 Å². The fraction of sp³-hybridized carbons (Fsp3) is 0.588. The quantitative estimate of drug-likeness (QED) is 0.839. The average molecular weight is 290 g/mol. The molecule has 0 saturated carbocycles. The molecule has 1 heterocycles. The van der Waals surface area contributed by atoms with E-state index in [4.69, 9.17) is 4.74 Å². The summed E-state index contributed by atoms with van der Waals surface area (Å²) in [5, 5.41) is 3.31. The van der Waals surface area contributed by atoms with Crippen molar-refractivity contribution in [3.63, 3.8) is 0 Å². The fourth-order valence-corrected chi connectivity index (χ4v) is 2.78. The molecule has 1 saturated heterocycles. The number of benzene rings is 1. The molecule has 0 aromatic heterocycles. The fourth-order valence-electron chi connectivity index (χ4n) is 2.78. The first kappa shape index (κ1) is 15.8. The van der Waals surface area contributed by atoms with Crippen LogP contribution < -0.4 is 10.1 Å². The molecular formula is C17H26N2O2. The van der Waals surface area contributed by atoms with Gasteiger partial charge in [0.1, 0.15) is 11.9 Å². The van der Waals surface area contributed by atoms with Crippen LogP contribution in [0.25, 0.3) is 0 Å². The van der Waals surface area contributed by atoms with Crippen molar-refractivity contribution in [2.45, 2.75) is 39.8 Å². The SMILES string of the molecule is CCOc1ccc(C2NCC(=O)N2CC(CC)CC)cc1. The highest BCUT2D eigenvalue weighted by Gasteiger charge is 2.32. The summed E-state index contributed by atoms with van der Waals surface area (Å²) in [5.41, 5.74) is 1.12. The van der Waals surface area contributed by atoms with Gasteiger partial charge in [0.05, 0.1) is 13.2 Å². The van der Waals surface area contributed by atoms with Gasteiger partial charge in [0, 0.05) is 6.54 Å². The second kappa shape index (κ2) is 7.46. The van der Waals surface area contributed by atoms with Crippen LogP contribution in [0.3, 0.4) is 0 Å². The second-order valence-corrected chi connectivity index (χ2v) is 5.51. The zero-order valence-corrected chi connectivity index (χ0v) is 13.3. The normalized spacial score (nSPS) is 18.6. The monoisotopic (exact) mass is 290 g/mol. The lowest BCUT2D eigenvalue weighted by atomic mass is 10.0. The topological polar surface area (TPSA) is 41.6 Å². The molecule has 1 aliphatic rings. The molecule has 4 nitrogen and oxygen atoms in total. The Bertz CT molecular complexity index is 454. The molecule has 0 radical (unpaired) electrons. The van der Waals surface area contributed by atoms with Crippen LogP contribution >= 0.6 is 0 Å². The highest BCUT2D eigenvalue weighted by atomic mass is 16.5. The summed E-state index contributed by atoms with van der Waals surface area (Å²) in [7, 11) is 0. The first-order valence-electron chi connectivity index (χ1n) is 7.95. The predicted octanol–water partition coefficient (Wildman–Crippen LogP) is 2.95. The summed E-state index contributed by atoms with van der Waals surface area (Å²) in [6, 6.07) is 8.03. The van der Waals surface area contributed by atoms with Crippen LogP contribution in [0.15, 0.2) is 24.3 Å². The molecule has 1 aliphatic heterocycles. The summed E-state index contributed by atoms with van der Waals surface area (Å²) in [6.07, 6.45) is 2.21. The van der Waals surface area contributed by atoms with Crippen molar-refractivity contribution in [2.24, 2.45) is 5.92 Å². The molecule has 1 amide bonds. The van der Waals surface area contributed by atoms with E-state index in [1.807, 2.05) is 36.1 Å². The first-order chi connectivity index (χ1) is 10.2. The number of hydrogen-bond donors (Lipinski definition) is 1. The van der Waals surface area contributed by atoms with E-state index in [9.17, 15) is 4.79 Å². The third-order valence-corrected chi connectivity index (χ3v) is 4.20. The van der Waals surface area contributed by atoms with Gasteiger partial charge in [0.15, 0.2) is 0 Å². The number of rotatable bonds is 7. The molecule has 1 fully saturated rings. The van der Waals surface area contributed by atoms with Gasteiger partial charge in [-0.25, -0.2) is 0 Å². The Kier molecular flexibility index (Phi) is 5.62. The van der Waals surface area contributed by atoms with Crippen LogP contribution in [0, 0.1) is 5.92 Å². The maximum absolute atomic E-state index is 12.1. The summed E-state index contributed by atoms with van der Waals surface area (Å²) in [4.78, 5) is 14.1. The van der Waals surface area contributed by atoms with Crippen molar-refractivity contribution in [3.05, 3.63) is 29.8 Å². The molecule has 1 aromatic rings. The lowest BCUT2D eigenvalue weighted by Gasteiger charge is -2.28. The minimum atomic E-state index is -0.00576. The van der Waals surface area contributed by atoms with Gasteiger partial charge in [0.2, 0.25) is 5.91 Å². The van der Waals surface area contributed by atoms with E-state index in [2.05, 4.69) is 19.2 Å². The Hall–Kier alpha value is -1.55. The molecule has 0 spiro atoms. The molecule has 1 N–H and O–H groups in total. The van der Waals surface area contributed by atoms with E-state index in [1.165, 1.54) is 0 Å². The van der Waals surface area contributed by atoms with E-state index in [0.29, 0.717) is 19.1 Å². The standard InChI is InChI=1S/C17H26N2O2/c1-4-13(5-2)12-19-16(20)11-18-17(19)14-7-9-15(10-8-14)21-6-3/h7-10,13,17-18H,4-6,11-12H2,1-3H3. The number of nitrogens with one attached hydrogen (secondary N) is 1. The highest BCUT2D eigenvalue weighted by Crippen LogP contribution is 2.26. The number of carbonyl (C=O) groups excluding carboxylic acids is 1. The molecule has 1 atom stereocenters. The van der Waals surface area contributed by atoms with Crippen LogP contribution in [0.1, 0.15) is 45.3 Å². The largest absolute Gasteiger partial charge is 0.494 e. The number of hydrogen-bond acceptors (Lipinski definition) is 3. The van der Waals surface area contributed by atoms with Crippen molar-refractivity contribution in [1.82, 2.24) is 10.2 Å². The Morgan fingerprint density at radius 1 is 1.24 bits per heavy atom. The number of carbonyl (C=O) groups is 1. The lowest BCUT2D eigenvalue weighted by Crippen LogP contribution is -2.34. The minimum absolute atomic E-state index is 0.00576. The Morgan fingerprint density at radius 2 is 1.90 bits per heavy atom. The number of nitrogens with zero attached hydrogens (tertiary/aromatic N) is 1. The third kappa shape index (κ3) is 3.76. The molecule has 0 aliphatic carbocycles. The zero-order valence-electron chi connectivity index (χ0n) is 13.3. The van der Waals surface area contributed by atoms with Crippen molar-refractivity contribution in [3.8, 4) is 5.75 Å². The highest BCUT2D eigenvalue weighted by molar-refractivity contribution is 5.81. The van der Waals surface area contributed by atoms with Gasteiger partial charge in [-0.15, -0.1) is 0 Å². The van der Waals surface area contributed by atoms with Crippen LogP contribution in [0.2, 0.25) is 0 Å². The molecule has 116 valence electrons. The Balaban J connectivity index is 2.11. The molecule has 2 rings (SSSR count). The third-order valence-electron chi connectivity index (χ3n) is 4.20. The van der Waals surface area contributed by atoms with Gasteiger partial charge in [0.25, 0.3) is 0 Å². The summed E-state index contributed by atoms with van der Waals surface area (Å²) < 4.78 is 5.47. The maximum Gasteiger partial charge on any atom is 0.238 e. The van der Waals surface area contributed by atoms with Gasteiger partial charge in [-0.3, -0.25) is 10.1 Å². The van der Waals surface area contributed by atoms with Crippen molar-refractivity contribution in [2.75, 3.05) is 19.7 Å². The lowest BCUT2D eigenvalue weighted by molar-refractivity contribution is -0.128. The van der Waals surface area contributed by atoms with Gasteiger partial charge < -0.3 is 9.64 Å². The Morgan fingerprint density at radius 3 is 2.48 bits per heavy atom. The van der Waals surface area contributed by atoms with Crippen LogP contribution in [-0.4, -0.2) is 30.5 Å². The van der Waals surface area contributed by atoms with E-state index in [-0.39, 0.29) is 12.1 Å². The van der Waals surface area contributed by atoms with Crippen LogP contribution in [0.5, 0.6) is 5.75 Å². The van der Waals surface area contributed by atoms with Crippen molar-refractivity contribution < 1.29 is 9.53 Å². The van der Waals surface area contributed by atoms with E-state index in [0.717, 1.165) is 30.7 Å². The zero-order chi connectivity index (χ0) is 15.2. The number of amides is 1. The molecule has 1 unspecified atom stereocenters. The average Bonchev–Trinajstić information content (AvgIpc) is 2.87. The van der Waals surface area contributed by atoms with Gasteiger partial charge in [-0.1, -0.05) is 38.8 Å². The van der Waals surface area contributed by atoms with E-state index < -0.39 is 0 Å². The number of ether oxygens (including phenoxy) is 1. The van der Waals surface area contributed by atoms with Crippen LogP contribution in [0.4, 0.5) is 0 Å². The smallest absolute Gasteiger partial charge is 0.238 e. The Labute approximate surface area is 127 Å². The molecule has 4 heteroatoms. The van der Waals surface area contributed by atoms with Crippen molar-refractivity contribution >= 4 is 5.91 Å². The van der Waals surface area contributed by atoms with Gasteiger partial charge >= 0.3 is 0 Å². The van der Waals surface area contributed by atoms with Crippen molar-refractivity contribution in [1.29, 1.82) is 0 Å². The molecular weight excluding hydrogens is 264 g/mol. The molecule has 1 aromatic carbocycles. The maximum atomic E-state index is 12.1. The summed E-state index contributed by atoms with van der Waals surface area (Å²) in [5.74, 6) is 1.64. The van der Waals surface area contributed by atoms with E-state index >= 15 is 0 Å². The summed E-state index contributed by atoms with van der Waals surface area (Å²) >= 11 is 0. The van der Waals surface area contributed by atoms with Gasteiger partial charge in [-0.05, 0) is 30.5 Å². The molecule has 21 heavy (non-hydrogen) atoms. The second-order valence-electron chi connectivity index (χ2n) is 5.51.